The number of hydrogen-bond donors (Lipinski definition) is 2. The van der Waals surface area contributed by atoms with Crippen LogP contribution in [0.5, 0.6) is 0 Å². The van der Waals surface area contributed by atoms with Gasteiger partial charge in [-0.2, -0.15) is 0 Å². The summed E-state index contributed by atoms with van der Waals surface area (Å²) in [5.41, 5.74) is 3.29. The van der Waals surface area contributed by atoms with Gasteiger partial charge in [-0.05, 0) is 46.5 Å². The van der Waals surface area contributed by atoms with Gasteiger partial charge in [0.1, 0.15) is 0 Å². The van der Waals surface area contributed by atoms with Crippen molar-refractivity contribution in [2.75, 3.05) is 13.2 Å². The number of Topliss-reactive ketones (excluding diaryl/α,β-unsaturated/α-hetero) is 2. The SMILES string of the molecule is C/C=C(/CC/C=C(\C)CC)CC1=C(C)C(=O)C(CO)=C(CO)C1=O. The lowest BCUT2D eigenvalue weighted by Crippen LogP contribution is -2.26. The van der Waals surface area contributed by atoms with E-state index in [-0.39, 0.29) is 22.7 Å². The molecule has 1 aliphatic carbocycles. The van der Waals surface area contributed by atoms with Gasteiger partial charge < -0.3 is 10.2 Å². The number of aliphatic hydroxyl groups excluding tert-OH is 2. The van der Waals surface area contributed by atoms with Crippen LogP contribution in [0.4, 0.5) is 0 Å². The van der Waals surface area contributed by atoms with E-state index in [0.717, 1.165) is 24.8 Å². The lowest BCUT2D eigenvalue weighted by atomic mass is 9.82. The van der Waals surface area contributed by atoms with Crippen molar-refractivity contribution in [3.05, 3.63) is 45.6 Å². The molecule has 0 amide bonds. The third-order valence-corrected chi connectivity index (χ3v) is 4.62. The van der Waals surface area contributed by atoms with E-state index in [0.29, 0.717) is 17.6 Å². The molecule has 24 heavy (non-hydrogen) atoms. The fraction of sp³-hybridized carbons (Fsp3) is 0.500. The van der Waals surface area contributed by atoms with Gasteiger partial charge in [0.25, 0.3) is 0 Å². The summed E-state index contributed by atoms with van der Waals surface area (Å²) < 4.78 is 0. The van der Waals surface area contributed by atoms with E-state index in [1.807, 2.05) is 13.0 Å². The molecule has 4 heteroatoms. The van der Waals surface area contributed by atoms with Gasteiger partial charge in [0.15, 0.2) is 11.6 Å². The number of carbonyl (C=O) groups is 2. The smallest absolute Gasteiger partial charge is 0.188 e. The first-order valence-electron chi connectivity index (χ1n) is 8.43. The summed E-state index contributed by atoms with van der Waals surface area (Å²) in [6.45, 7) is 6.71. The van der Waals surface area contributed by atoms with Crippen molar-refractivity contribution < 1.29 is 19.8 Å². The Bertz CT molecular complexity index is 630. The lowest BCUT2D eigenvalue weighted by molar-refractivity contribution is -0.117. The second-order valence-electron chi connectivity index (χ2n) is 6.10. The fourth-order valence-corrected chi connectivity index (χ4v) is 2.75. The summed E-state index contributed by atoms with van der Waals surface area (Å²) >= 11 is 0. The Morgan fingerprint density at radius 3 is 2.12 bits per heavy atom. The Balaban J connectivity index is 2.98. The van der Waals surface area contributed by atoms with E-state index >= 15 is 0 Å². The molecule has 0 saturated carbocycles. The Kier molecular flexibility index (Phi) is 8.02. The topological polar surface area (TPSA) is 74.6 Å². The molecule has 1 rings (SSSR count). The van der Waals surface area contributed by atoms with Gasteiger partial charge in [-0.15, -0.1) is 0 Å². The maximum absolute atomic E-state index is 12.6. The van der Waals surface area contributed by atoms with Gasteiger partial charge in [-0.1, -0.05) is 30.2 Å². The van der Waals surface area contributed by atoms with Crippen LogP contribution in [0.2, 0.25) is 0 Å². The lowest BCUT2D eigenvalue weighted by Gasteiger charge is -2.21. The summed E-state index contributed by atoms with van der Waals surface area (Å²) in [5, 5.41) is 18.7. The molecule has 0 aliphatic heterocycles. The normalized spacial score (nSPS) is 17.2. The largest absolute Gasteiger partial charge is 0.392 e. The quantitative estimate of drug-likeness (QED) is 0.529. The van der Waals surface area contributed by atoms with Crippen molar-refractivity contribution in [2.45, 2.75) is 53.4 Å². The molecule has 0 spiro atoms. The number of allylic oxidation sites excluding steroid dienone is 6. The Labute approximate surface area is 144 Å². The first kappa shape index (κ1) is 20.3. The number of carbonyl (C=O) groups excluding carboxylic acids is 2. The third-order valence-electron chi connectivity index (χ3n) is 4.62. The van der Waals surface area contributed by atoms with Crippen molar-refractivity contribution in [3.8, 4) is 0 Å². The highest BCUT2D eigenvalue weighted by Crippen LogP contribution is 2.29. The molecule has 132 valence electrons. The minimum Gasteiger partial charge on any atom is -0.392 e. The van der Waals surface area contributed by atoms with Crippen molar-refractivity contribution in [3.63, 3.8) is 0 Å². The Morgan fingerprint density at radius 1 is 1.04 bits per heavy atom. The van der Waals surface area contributed by atoms with Crippen LogP contribution in [-0.2, 0) is 9.59 Å². The van der Waals surface area contributed by atoms with Crippen LogP contribution < -0.4 is 0 Å². The third kappa shape index (κ3) is 4.62. The number of hydrogen-bond acceptors (Lipinski definition) is 4. The van der Waals surface area contributed by atoms with E-state index in [4.69, 9.17) is 0 Å². The molecular formula is C20H28O4. The zero-order valence-electron chi connectivity index (χ0n) is 15.1. The summed E-state index contributed by atoms with van der Waals surface area (Å²) in [6, 6.07) is 0. The predicted octanol–water partition coefficient (Wildman–Crippen LogP) is 3.21. The molecule has 0 aromatic heterocycles. The second kappa shape index (κ2) is 9.50. The molecule has 0 bridgehead atoms. The number of aliphatic hydroxyl groups is 2. The highest BCUT2D eigenvalue weighted by Gasteiger charge is 2.31. The van der Waals surface area contributed by atoms with Gasteiger partial charge in [0.2, 0.25) is 0 Å². The van der Waals surface area contributed by atoms with Crippen LogP contribution in [0.3, 0.4) is 0 Å². The minimum atomic E-state index is -0.527. The molecule has 0 unspecified atom stereocenters. The van der Waals surface area contributed by atoms with Crippen molar-refractivity contribution in [1.82, 2.24) is 0 Å². The maximum atomic E-state index is 12.6. The predicted molar refractivity (Wildman–Crippen MR) is 95.6 cm³/mol. The summed E-state index contributed by atoms with van der Waals surface area (Å²) in [7, 11) is 0. The molecule has 0 saturated heterocycles. The Morgan fingerprint density at radius 2 is 1.62 bits per heavy atom. The molecule has 0 fully saturated rings. The second-order valence-corrected chi connectivity index (χ2v) is 6.10. The van der Waals surface area contributed by atoms with Gasteiger partial charge in [0, 0.05) is 22.3 Å². The van der Waals surface area contributed by atoms with Gasteiger partial charge in [-0.3, -0.25) is 9.59 Å². The fourth-order valence-electron chi connectivity index (χ4n) is 2.75. The van der Waals surface area contributed by atoms with Crippen molar-refractivity contribution in [2.24, 2.45) is 0 Å². The van der Waals surface area contributed by atoms with Crippen LogP contribution in [0.1, 0.15) is 53.4 Å². The zero-order valence-corrected chi connectivity index (χ0v) is 15.1. The van der Waals surface area contributed by atoms with E-state index in [1.165, 1.54) is 5.57 Å². The van der Waals surface area contributed by atoms with Crippen LogP contribution in [0, 0.1) is 0 Å². The van der Waals surface area contributed by atoms with E-state index < -0.39 is 13.2 Å². The summed E-state index contributed by atoms with van der Waals surface area (Å²) in [5.74, 6) is -0.661. The molecular weight excluding hydrogens is 304 g/mol. The average Bonchev–Trinajstić information content (AvgIpc) is 2.59. The van der Waals surface area contributed by atoms with Crippen LogP contribution in [0.15, 0.2) is 45.6 Å². The van der Waals surface area contributed by atoms with Gasteiger partial charge >= 0.3 is 0 Å². The molecule has 0 aromatic rings. The first-order chi connectivity index (χ1) is 11.4. The monoisotopic (exact) mass is 332 g/mol. The Hall–Kier alpha value is -1.78. The van der Waals surface area contributed by atoms with E-state index in [9.17, 15) is 19.8 Å². The van der Waals surface area contributed by atoms with Crippen LogP contribution in [0.25, 0.3) is 0 Å². The molecule has 0 radical (unpaired) electrons. The van der Waals surface area contributed by atoms with Crippen molar-refractivity contribution in [1.29, 1.82) is 0 Å². The van der Waals surface area contributed by atoms with Crippen LogP contribution in [-0.4, -0.2) is 35.0 Å². The zero-order chi connectivity index (χ0) is 18.3. The molecule has 0 atom stereocenters. The highest BCUT2D eigenvalue weighted by atomic mass is 16.3. The molecule has 0 aromatic carbocycles. The molecule has 2 N–H and O–H groups in total. The minimum absolute atomic E-state index is 0.0206. The van der Waals surface area contributed by atoms with Gasteiger partial charge in [-0.25, -0.2) is 0 Å². The number of ketones is 2. The number of rotatable bonds is 8. The van der Waals surface area contributed by atoms with E-state index in [1.54, 1.807) is 6.92 Å². The first-order valence-corrected chi connectivity index (χ1v) is 8.43. The van der Waals surface area contributed by atoms with Crippen LogP contribution >= 0.6 is 0 Å². The summed E-state index contributed by atoms with van der Waals surface area (Å²) in [4.78, 5) is 24.9. The maximum Gasteiger partial charge on any atom is 0.188 e. The summed E-state index contributed by atoms with van der Waals surface area (Å²) in [6.07, 6.45) is 7.35. The standard InChI is InChI=1S/C20H28O4/c1-5-13(3)8-7-9-15(6-2)10-16-14(4)19(23)17(11-21)18(12-22)20(16)24/h6,8,21-22H,5,7,9-12H2,1-4H3/b13-8+,15-6-. The van der Waals surface area contributed by atoms with E-state index in [2.05, 4.69) is 19.9 Å². The average molecular weight is 332 g/mol. The molecule has 4 nitrogen and oxygen atoms in total. The van der Waals surface area contributed by atoms with Gasteiger partial charge in [0.05, 0.1) is 13.2 Å². The molecule has 0 heterocycles. The highest BCUT2D eigenvalue weighted by molar-refractivity contribution is 6.25. The van der Waals surface area contributed by atoms with Crippen molar-refractivity contribution >= 4 is 11.6 Å². The molecule has 1 aliphatic rings.